The average Bonchev–Trinajstić information content (AvgIpc) is 2.66. The van der Waals surface area contributed by atoms with E-state index in [1.807, 2.05) is 11.0 Å². The number of fused-ring (bicyclic) bond motifs is 3. The van der Waals surface area contributed by atoms with E-state index in [1.165, 1.54) is 16.6 Å². The summed E-state index contributed by atoms with van der Waals surface area (Å²) in [4.78, 5) is 16.0. The summed E-state index contributed by atoms with van der Waals surface area (Å²) in [6, 6.07) is 6.21. The number of nitrogens with one attached hydrogen (secondary N) is 1. The third kappa shape index (κ3) is 1.45. The second-order valence-corrected chi connectivity index (χ2v) is 5.01. The minimum Gasteiger partial charge on any atom is -0.358 e. The molecule has 0 aliphatic carbocycles. The smallest absolute Gasteiger partial charge is 0.210 e. The number of carbonyl (C=O) groups is 1. The van der Waals surface area contributed by atoms with Gasteiger partial charge in [-0.3, -0.25) is 4.79 Å². The monoisotopic (exact) mass is 278 g/mol. The molecule has 2 aromatic rings. The largest absolute Gasteiger partial charge is 0.358 e. The van der Waals surface area contributed by atoms with Crippen LogP contribution < -0.4 is 0 Å². The first-order chi connectivity index (χ1) is 7.78. The van der Waals surface area contributed by atoms with Crippen LogP contribution in [0.1, 0.15) is 11.3 Å². The number of carbonyl (C=O) groups excluding carboxylic acids is 1. The van der Waals surface area contributed by atoms with Crippen molar-refractivity contribution in [2.75, 3.05) is 6.54 Å². The van der Waals surface area contributed by atoms with Crippen molar-refractivity contribution in [3.05, 3.63) is 33.9 Å². The van der Waals surface area contributed by atoms with Crippen molar-refractivity contribution in [2.24, 2.45) is 0 Å². The number of halogens is 1. The molecule has 0 atom stereocenters. The van der Waals surface area contributed by atoms with E-state index in [0.717, 1.165) is 35.9 Å². The Kier molecular flexibility index (Phi) is 2.24. The number of aromatic nitrogens is 1. The van der Waals surface area contributed by atoms with Crippen LogP contribution in [0.3, 0.4) is 0 Å². The van der Waals surface area contributed by atoms with Crippen molar-refractivity contribution in [2.45, 2.75) is 13.0 Å². The fourth-order valence-corrected chi connectivity index (χ4v) is 2.66. The molecule has 0 saturated heterocycles. The first kappa shape index (κ1) is 9.90. The SMILES string of the molecule is O=CN1CCc2[nH]c3ccc(Br)cc3c2C1. The maximum atomic E-state index is 10.8. The van der Waals surface area contributed by atoms with Crippen molar-refractivity contribution >= 4 is 33.2 Å². The van der Waals surface area contributed by atoms with Gasteiger partial charge in [-0.25, -0.2) is 0 Å². The first-order valence-electron chi connectivity index (χ1n) is 5.26. The van der Waals surface area contributed by atoms with E-state index in [-0.39, 0.29) is 0 Å². The van der Waals surface area contributed by atoms with Crippen LogP contribution in [0, 0.1) is 0 Å². The minimum atomic E-state index is 0.718. The Morgan fingerprint density at radius 2 is 2.31 bits per heavy atom. The fourth-order valence-electron chi connectivity index (χ4n) is 2.30. The normalized spacial score (nSPS) is 15.2. The van der Waals surface area contributed by atoms with Crippen molar-refractivity contribution in [3.8, 4) is 0 Å². The lowest BCUT2D eigenvalue weighted by molar-refractivity contribution is -0.118. The molecule has 0 spiro atoms. The van der Waals surface area contributed by atoms with Gasteiger partial charge in [-0.05, 0) is 18.2 Å². The Hall–Kier alpha value is -1.29. The number of hydrogen-bond donors (Lipinski definition) is 1. The van der Waals surface area contributed by atoms with E-state index < -0.39 is 0 Å². The van der Waals surface area contributed by atoms with Crippen molar-refractivity contribution in [1.29, 1.82) is 0 Å². The first-order valence-corrected chi connectivity index (χ1v) is 6.05. The zero-order valence-electron chi connectivity index (χ0n) is 8.66. The topological polar surface area (TPSA) is 36.1 Å². The molecule has 1 aliphatic heterocycles. The lowest BCUT2D eigenvalue weighted by Crippen LogP contribution is -2.28. The van der Waals surface area contributed by atoms with Crippen molar-refractivity contribution in [3.63, 3.8) is 0 Å². The second kappa shape index (κ2) is 3.63. The molecule has 2 heterocycles. The lowest BCUT2D eigenvalue weighted by atomic mass is 10.1. The van der Waals surface area contributed by atoms with Crippen LogP contribution in [-0.2, 0) is 17.8 Å². The maximum absolute atomic E-state index is 10.8. The molecule has 1 aromatic heterocycles. The molecule has 3 nitrogen and oxygen atoms in total. The highest BCUT2D eigenvalue weighted by molar-refractivity contribution is 9.10. The van der Waals surface area contributed by atoms with Crippen molar-refractivity contribution < 1.29 is 4.79 Å². The predicted molar refractivity (Wildman–Crippen MR) is 66.2 cm³/mol. The van der Waals surface area contributed by atoms with Crippen LogP contribution in [0.15, 0.2) is 22.7 Å². The van der Waals surface area contributed by atoms with E-state index in [0.29, 0.717) is 0 Å². The molecule has 1 aliphatic rings. The summed E-state index contributed by atoms with van der Waals surface area (Å²) in [5.41, 5.74) is 3.68. The van der Waals surface area contributed by atoms with Crippen LogP contribution >= 0.6 is 15.9 Å². The summed E-state index contributed by atoms with van der Waals surface area (Å²) in [7, 11) is 0. The molecule has 0 radical (unpaired) electrons. The molecule has 0 saturated carbocycles. The van der Waals surface area contributed by atoms with Gasteiger partial charge in [0.25, 0.3) is 0 Å². The van der Waals surface area contributed by atoms with E-state index in [4.69, 9.17) is 0 Å². The van der Waals surface area contributed by atoms with Gasteiger partial charge in [0.2, 0.25) is 6.41 Å². The predicted octanol–water partition coefficient (Wildman–Crippen LogP) is 2.44. The lowest BCUT2D eigenvalue weighted by Gasteiger charge is -2.22. The Morgan fingerprint density at radius 1 is 1.44 bits per heavy atom. The number of H-pyrrole nitrogens is 1. The molecular weight excluding hydrogens is 268 g/mol. The molecule has 4 heteroatoms. The van der Waals surface area contributed by atoms with Gasteiger partial charge >= 0.3 is 0 Å². The summed E-state index contributed by atoms with van der Waals surface area (Å²) in [5, 5.41) is 1.22. The van der Waals surface area contributed by atoms with Gasteiger partial charge in [0.05, 0.1) is 0 Å². The molecule has 1 amide bonds. The van der Waals surface area contributed by atoms with Gasteiger partial charge in [-0.1, -0.05) is 15.9 Å². The standard InChI is InChI=1S/C12H11BrN2O/c13-8-1-2-11-9(5-8)10-6-15(7-16)4-3-12(10)14-11/h1-2,5,7,14H,3-4,6H2. The quantitative estimate of drug-likeness (QED) is 0.800. The van der Waals surface area contributed by atoms with Crippen LogP contribution in [-0.4, -0.2) is 22.8 Å². The van der Waals surface area contributed by atoms with E-state index in [2.05, 4.69) is 33.0 Å². The maximum Gasteiger partial charge on any atom is 0.210 e. The molecule has 1 aromatic carbocycles. The Morgan fingerprint density at radius 3 is 3.12 bits per heavy atom. The molecule has 0 fully saturated rings. The van der Waals surface area contributed by atoms with Crippen LogP contribution in [0.2, 0.25) is 0 Å². The number of amides is 1. The third-order valence-electron chi connectivity index (χ3n) is 3.12. The van der Waals surface area contributed by atoms with E-state index in [1.54, 1.807) is 0 Å². The van der Waals surface area contributed by atoms with Crippen LogP contribution in [0.25, 0.3) is 10.9 Å². The molecule has 16 heavy (non-hydrogen) atoms. The fraction of sp³-hybridized carbons (Fsp3) is 0.250. The van der Waals surface area contributed by atoms with Gasteiger partial charge in [0.15, 0.2) is 0 Å². The van der Waals surface area contributed by atoms with Gasteiger partial charge in [-0.2, -0.15) is 0 Å². The Bertz CT molecular complexity index is 561. The highest BCUT2D eigenvalue weighted by atomic mass is 79.9. The molecule has 3 rings (SSSR count). The van der Waals surface area contributed by atoms with Gasteiger partial charge in [-0.15, -0.1) is 0 Å². The Balaban J connectivity index is 2.19. The Labute approximate surface area is 102 Å². The highest BCUT2D eigenvalue weighted by Crippen LogP contribution is 2.29. The van der Waals surface area contributed by atoms with Gasteiger partial charge in [0, 0.05) is 46.1 Å². The van der Waals surface area contributed by atoms with Crippen molar-refractivity contribution in [1.82, 2.24) is 9.88 Å². The molecular formula is C12H11BrN2O. The summed E-state index contributed by atoms with van der Waals surface area (Å²) >= 11 is 3.48. The number of benzene rings is 1. The number of rotatable bonds is 1. The average molecular weight is 279 g/mol. The number of nitrogens with zero attached hydrogens (tertiary/aromatic N) is 1. The molecule has 82 valence electrons. The third-order valence-corrected chi connectivity index (χ3v) is 3.61. The molecule has 1 N–H and O–H groups in total. The van der Waals surface area contributed by atoms with Gasteiger partial charge in [0.1, 0.15) is 0 Å². The zero-order valence-corrected chi connectivity index (χ0v) is 10.3. The highest BCUT2D eigenvalue weighted by Gasteiger charge is 2.19. The minimum absolute atomic E-state index is 0.718. The van der Waals surface area contributed by atoms with E-state index >= 15 is 0 Å². The van der Waals surface area contributed by atoms with Gasteiger partial charge < -0.3 is 9.88 Å². The summed E-state index contributed by atoms with van der Waals surface area (Å²) in [5.74, 6) is 0. The summed E-state index contributed by atoms with van der Waals surface area (Å²) in [6.45, 7) is 1.53. The van der Waals surface area contributed by atoms with Crippen LogP contribution in [0.5, 0.6) is 0 Å². The second-order valence-electron chi connectivity index (χ2n) is 4.10. The number of hydrogen-bond acceptors (Lipinski definition) is 1. The van der Waals surface area contributed by atoms with E-state index in [9.17, 15) is 4.79 Å². The van der Waals surface area contributed by atoms with Crippen LogP contribution in [0.4, 0.5) is 0 Å². The zero-order chi connectivity index (χ0) is 11.1. The molecule has 0 bridgehead atoms. The summed E-state index contributed by atoms with van der Waals surface area (Å²) in [6.07, 6.45) is 1.85. The number of aromatic amines is 1. The molecule has 0 unspecified atom stereocenters. The summed E-state index contributed by atoms with van der Waals surface area (Å²) < 4.78 is 1.07.